The Kier molecular flexibility index (Phi) is 5.74. The van der Waals surface area contributed by atoms with Gasteiger partial charge in [-0.2, -0.15) is 26.3 Å². The lowest BCUT2D eigenvalue weighted by molar-refractivity contribution is -0.375. The van der Waals surface area contributed by atoms with Gasteiger partial charge in [-0.25, -0.2) is 0 Å². The number of rotatable bonds is 5. The molecule has 0 bridgehead atoms. The van der Waals surface area contributed by atoms with Crippen LogP contribution in [0.3, 0.4) is 0 Å². The highest BCUT2D eigenvalue weighted by Crippen LogP contribution is 2.52. The van der Waals surface area contributed by atoms with Crippen LogP contribution in [-0.2, 0) is 10.4 Å². The SMILES string of the molecule is CCCCC(=O)Nc1c(C(O)(C(F)(F)F)C(F)(F)F)ccc2ccccc12. The fourth-order valence-corrected chi connectivity index (χ4v) is 2.71. The highest BCUT2D eigenvalue weighted by atomic mass is 19.4. The number of benzene rings is 2. The number of anilines is 1. The molecule has 2 aromatic carbocycles. The van der Waals surface area contributed by atoms with Gasteiger partial charge < -0.3 is 10.4 Å². The molecule has 0 aliphatic heterocycles. The molecule has 2 rings (SSSR count). The molecule has 0 unspecified atom stereocenters. The summed E-state index contributed by atoms with van der Waals surface area (Å²) in [7, 11) is 0. The molecule has 0 heterocycles. The molecule has 27 heavy (non-hydrogen) atoms. The lowest BCUT2D eigenvalue weighted by atomic mass is 9.88. The molecule has 0 aromatic heterocycles. The molecular formula is C18H17F6NO2. The number of halogens is 6. The second-order valence-electron chi connectivity index (χ2n) is 6.07. The maximum atomic E-state index is 13.3. The van der Waals surface area contributed by atoms with Gasteiger partial charge in [-0.3, -0.25) is 4.79 Å². The third-order valence-electron chi connectivity index (χ3n) is 4.16. The summed E-state index contributed by atoms with van der Waals surface area (Å²) in [5.41, 5.74) is -7.30. The number of aliphatic hydroxyl groups is 1. The predicted octanol–water partition coefficient (Wildman–Crippen LogP) is 5.28. The molecule has 2 aromatic rings. The molecule has 0 saturated carbocycles. The van der Waals surface area contributed by atoms with Gasteiger partial charge in [0.15, 0.2) is 0 Å². The first kappa shape index (κ1) is 21.0. The van der Waals surface area contributed by atoms with Crippen LogP contribution in [-0.4, -0.2) is 23.4 Å². The van der Waals surface area contributed by atoms with Crippen molar-refractivity contribution in [2.75, 3.05) is 5.32 Å². The minimum Gasteiger partial charge on any atom is -0.369 e. The van der Waals surface area contributed by atoms with Crippen molar-refractivity contribution in [3.05, 3.63) is 42.0 Å². The van der Waals surface area contributed by atoms with Gasteiger partial charge in [-0.05, 0) is 11.8 Å². The van der Waals surface area contributed by atoms with E-state index in [0.717, 1.165) is 6.07 Å². The molecule has 0 radical (unpaired) electrons. The summed E-state index contributed by atoms with van der Waals surface area (Å²) >= 11 is 0. The average molecular weight is 393 g/mol. The topological polar surface area (TPSA) is 49.3 Å². The predicted molar refractivity (Wildman–Crippen MR) is 88.1 cm³/mol. The van der Waals surface area contributed by atoms with Gasteiger partial charge in [0, 0.05) is 17.4 Å². The fourth-order valence-electron chi connectivity index (χ4n) is 2.71. The number of hydrogen-bond acceptors (Lipinski definition) is 2. The number of nitrogens with one attached hydrogen (secondary N) is 1. The Hall–Kier alpha value is -2.29. The summed E-state index contributed by atoms with van der Waals surface area (Å²) in [5.74, 6) is -0.735. The van der Waals surface area contributed by atoms with E-state index in [9.17, 15) is 36.2 Å². The van der Waals surface area contributed by atoms with Gasteiger partial charge in [0.05, 0.1) is 5.69 Å². The van der Waals surface area contributed by atoms with Crippen molar-refractivity contribution in [2.24, 2.45) is 0 Å². The van der Waals surface area contributed by atoms with Gasteiger partial charge in [0.2, 0.25) is 5.91 Å². The number of carbonyl (C=O) groups is 1. The maximum absolute atomic E-state index is 13.3. The van der Waals surface area contributed by atoms with Crippen LogP contribution < -0.4 is 5.32 Å². The summed E-state index contributed by atoms with van der Waals surface area (Å²) in [4.78, 5) is 12.0. The summed E-state index contributed by atoms with van der Waals surface area (Å²) in [6.45, 7) is 1.78. The van der Waals surface area contributed by atoms with Crippen molar-refractivity contribution >= 4 is 22.4 Å². The van der Waals surface area contributed by atoms with Gasteiger partial charge >= 0.3 is 12.4 Å². The molecule has 0 spiro atoms. The quantitative estimate of drug-likeness (QED) is 0.679. The van der Waals surface area contributed by atoms with E-state index in [1.807, 2.05) is 0 Å². The van der Waals surface area contributed by atoms with E-state index in [-0.39, 0.29) is 11.8 Å². The first-order chi connectivity index (χ1) is 12.4. The van der Waals surface area contributed by atoms with Gasteiger partial charge in [-0.1, -0.05) is 49.7 Å². The van der Waals surface area contributed by atoms with Crippen LogP contribution in [0.15, 0.2) is 36.4 Å². The Morgan fingerprint density at radius 3 is 2.15 bits per heavy atom. The van der Waals surface area contributed by atoms with Crippen LogP contribution >= 0.6 is 0 Å². The average Bonchev–Trinajstić information content (AvgIpc) is 2.57. The summed E-state index contributed by atoms with van der Waals surface area (Å²) < 4.78 is 79.9. The first-order valence-electron chi connectivity index (χ1n) is 8.11. The second kappa shape index (κ2) is 7.38. The van der Waals surface area contributed by atoms with Crippen molar-refractivity contribution < 1.29 is 36.2 Å². The van der Waals surface area contributed by atoms with Crippen LogP contribution in [0, 0.1) is 0 Å². The first-order valence-corrected chi connectivity index (χ1v) is 8.11. The molecule has 0 atom stereocenters. The van der Waals surface area contributed by atoms with Crippen LogP contribution in [0.5, 0.6) is 0 Å². The lowest BCUT2D eigenvalue weighted by Gasteiger charge is -2.34. The summed E-state index contributed by atoms with van der Waals surface area (Å²) in [6.07, 6.45) is -11.1. The number of unbranched alkanes of at least 4 members (excludes halogenated alkanes) is 1. The van der Waals surface area contributed by atoms with Gasteiger partial charge in [0.25, 0.3) is 5.60 Å². The molecule has 148 valence electrons. The molecule has 9 heteroatoms. The molecule has 2 N–H and O–H groups in total. The van der Waals surface area contributed by atoms with Gasteiger partial charge in [-0.15, -0.1) is 0 Å². The third kappa shape index (κ3) is 3.87. The van der Waals surface area contributed by atoms with Crippen molar-refractivity contribution in [1.29, 1.82) is 0 Å². The zero-order chi connectivity index (χ0) is 20.5. The molecule has 0 fully saturated rings. The number of alkyl halides is 6. The Labute approximate surface area is 151 Å². The van der Waals surface area contributed by atoms with E-state index in [0.29, 0.717) is 24.3 Å². The van der Waals surface area contributed by atoms with E-state index in [1.54, 1.807) is 13.0 Å². The summed E-state index contributed by atoms with van der Waals surface area (Å²) in [6, 6.07) is 7.29. The standard InChI is InChI=1S/C18H17F6NO2/c1-2-3-8-14(26)25-15-12-7-5-4-6-11(12)9-10-13(15)16(27,17(19,20)21)18(22,23)24/h4-7,9-10,27H,2-3,8H2,1H3,(H,25,26). The Balaban J connectivity index is 2.75. The molecule has 0 aliphatic carbocycles. The monoisotopic (exact) mass is 393 g/mol. The van der Waals surface area contributed by atoms with Crippen molar-refractivity contribution in [3.8, 4) is 0 Å². The number of hydrogen-bond donors (Lipinski definition) is 2. The van der Waals surface area contributed by atoms with Crippen LogP contribution in [0.4, 0.5) is 32.0 Å². The minimum atomic E-state index is -6.05. The Bertz CT molecular complexity index is 815. The Morgan fingerprint density at radius 1 is 1.00 bits per heavy atom. The number of amides is 1. The van der Waals surface area contributed by atoms with Crippen LogP contribution in [0.1, 0.15) is 31.7 Å². The lowest BCUT2D eigenvalue weighted by Crippen LogP contribution is -2.54. The third-order valence-corrected chi connectivity index (χ3v) is 4.16. The highest BCUT2D eigenvalue weighted by molar-refractivity contribution is 6.03. The van der Waals surface area contributed by atoms with E-state index < -0.39 is 35.1 Å². The van der Waals surface area contributed by atoms with E-state index in [4.69, 9.17) is 0 Å². The summed E-state index contributed by atoms with van der Waals surface area (Å²) in [5, 5.41) is 12.2. The smallest absolute Gasteiger partial charge is 0.369 e. The normalized spacial score (nSPS) is 13.0. The van der Waals surface area contributed by atoms with E-state index in [1.165, 1.54) is 18.2 Å². The zero-order valence-corrected chi connectivity index (χ0v) is 14.2. The molecule has 0 aliphatic rings. The second-order valence-corrected chi connectivity index (χ2v) is 6.07. The molecule has 1 amide bonds. The Morgan fingerprint density at radius 2 is 1.59 bits per heavy atom. The van der Waals surface area contributed by atoms with Gasteiger partial charge in [0.1, 0.15) is 0 Å². The molecule has 3 nitrogen and oxygen atoms in total. The zero-order valence-electron chi connectivity index (χ0n) is 14.2. The van der Waals surface area contributed by atoms with Crippen molar-refractivity contribution in [2.45, 2.75) is 44.1 Å². The number of carbonyl (C=O) groups excluding carboxylic acids is 1. The van der Waals surface area contributed by atoms with Crippen molar-refractivity contribution in [1.82, 2.24) is 0 Å². The highest BCUT2D eigenvalue weighted by Gasteiger charge is 2.72. The van der Waals surface area contributed by atoms with Crippen LogP contribution in [0.2, 0.25) is 0 Å². The van der Waals surface area contributed by atoms with Crippen molar-refractivity contribution in [3.63, 3.8) is 0 Å². The number of fused-ring (bicyclic) bond motifs is 1. The van der Waals surface area contributed by atoms with E-state index >= 15 is 0 Å². The van der Waals surface area contributed by atoms with Crippen LogP contribution in [0.25, 0.3) is 10.8 Å². The maximum Gasteiger partial charge on any atom is 0.430 e. The largest absolute Gasteiger partial charge is 0.430 e. The fraction of sp³-hybridized carbons (Fsp3) is 0.389. The minimum absolute atomic E-state index is 0.0354. The molecular weight excluding hydrogens is 376 g/mol. The molecule has 0 saturated heterocycles. The van der Waals surface area contributed by atoms with E-state index in [2.05, 4.69) is 5.32 Å².